The third kappa shape index (κ3) is 3.35. The topological polar surface area (TPSA) is 37.8 Å². The Morgan fingerprint density at radius 1 is 1.16 bits per heavy atom. The van der Waals surface area contributed by atoms with Gasteiger partial charge in [0, 0.05) is 11.8 Å². The summed E-state index contributed by atoms with van der Waals surface area (Å²) in [6, 6.07) is 4.90. The van der Waals surface area contributed by atoms with E-state index in [1.54, 1.807) is 6.92 Å². The van der Waals surface area contributed by atoms with Crippen LogP contribution in [0.25, 0.3) is 0 Å². The van der Waals surface area contributed by atoms with Crippen molar-refractivity contribution in [3.05, 3.63) is 46.9 Å². The molecular weight excluding hydrogens is 279 g/mol. The number of alkyl halides is 3. The molecule has 0 bridgehead atoms. The Labute approximate surface area is 112 Å². The van der Waals surface area contributed by atoms with Crippen LogP contribution in [-0.2, 0) is 6.18 Å². The third-order valence-corrected chi connectivity index (χ3v) is 2.67. The highest BCUT2D eigenvalue weighted by molar-refractivity contribution is 6.29. The van der Waals surface area contributed by atoms with Gasteiger partial charge in [0.05, 0.1) is 5.56 Å². The molecule has 0 radical (unpaired) electrons. The van der Waals surface area contributed by atoms with Gasteiger partial charge in [0.1, 0.15) is 17.3 Å². The molecule has 7 heteroatoms. The highest BCUT2D eigenvalue weighted by Gasteiger charge is 2.30. The van der Waals surface area contributed by atoms with Crippen molar-refractivity contribution in [1.82, 2.24) is 9.97 Å². The zero-order valence-corrected chi connectivity index (χ0v) is 10.5. The summed E-state index contributed by atoms with van der Waals surface area (Å²) < 4.78 is 37.9. The third-order valence-electron chi connectivity index (χ3n) is 2.46. The van der Waals surface area contributed by atoms with E-state index in [1.807, 2.05) is 0 Å². The minimum Gasteiger partial charge on any atom is -0.340 e. The SMILES string of the molecule is Cc1ccc(C(F)(F)F)cc1Nc1cc(Cl)ncn1. The van der Waals surface area contributed by atoms with Crippen molar-refractivity contribution in [2.24, 2.45) is 0 Å². The van der Waals surface area contributed by atoms with Crippen LogP contribution >= 0.6 is 11.6 Å². The molecule has 100 valence electrons. The summed E-state index contributed by atoms with van der Waals surface area (Å²) in [6.45, 7) is 1.70. The first-order valence-corrected chi connectivity index (χ1v) is 5.66. The summed E-state index contributed by atoms with van der Waals surface area (Å²) in [5.74, 6) is 0.336. The predicted octanol–water partition coefficient (Wildman–Crippen LogP) is 4.20. The molecule has 0 amide bonds. The maximum Gasteiger partial charge on any atom is 0.416 e. The molecule has 0 unspecified atom stereocenters. The maximum absolute atomic E-state index is 12.6. The largest absolute Gasteiger partial charge is 0.416 e. The van der Waals surface area contributed by atoms with Crippen molar-refractivity contribution in [3.8, 4) is 0 Å². The van der Waals surface area contributed by atoms with Crippen molar-refractivity contribution < 1.29 is 13.2 Å². The molecule has 0 saturated carbocycles. The number of nitrogens with zero attached hydrogens (tertiary/aromatic N) is 2. The molecule has 0 aliphatic carbocycles. The first-order chi connectivity index (χ1) is 8.86. The lowest BCUT2D eigenvalue weighted by Gasteiger charge is -2.12. The number of benzene rings is 1. The van der Waals surface area contributed by atoms with Gasteiger partial charge in [0.25, 0.3) is 0 Å². The van der Waals surface area contributed by atoms with Crippen molar-refractivity contribution in [2.45, 2.75) is 13.1 Å². The van der Waals surface area contributed by atoms with Crippen LogP contribution in [0.1, 0.15) is 11.1 Å². The van der Waals surface area contributed by atoms with E-state index >= 15 is 0 Å². The fraction of sp³-hybridized carbons (Fsp3) is 0.167. The number of hydrogen-bond donors (Lipinski definition) is 1. The van der Waals surface area contributed by atoms with Crippen LogP contribution in [0.2, 0.25) is 5.15 Å². The number of hydrogen-bond acceptors (Lipinski definition) is 3. The van der Waals surface area contributed by atoms with Gasteiger partial charge in [-0.3, -0.25) is 0 Å². The Morgan fingerprint density at radius 2 is 1.89 bits per heavy atom. The number of aryl methyl sites for hydroxylation is 1. The number of anilines is 2. The van der Waals surface area contributed by atoms with Gasteiger partial charge < -0.3 is 5.32 Å². The van der Waals surface area contributed by atoms with Crippen LogP contribution in [0.4, 0.5) is 24.7 Å². The van der Waals surface area contributed by atoms with Gasteiger partial charge in [0.15, 0.2) is 0 Å². The number of aromatic nitrogens is 2. The Bertz CT molecular complexity index is 599. The minimum atomic E-state index is -4.38. The first-order valence-electron chi connectivity index (χ1n) is 5.28. The highest BCUT2D eigenvalue weighted by Crippen LogP contribution is 2.32. The summed E-state index contributed by atoms with van der Waals surface area (Å²) in [5, 5.41) is 3.00. The van der Waals surface area contributed by atoms with Crippen LogP contribution in [-0.4, -0.2) is 9.97 Å². The molecular formula is C12H9ClF3N3. The molecule has 1 aromatic carbocycles. The lowest BCUT2D eigenvalue weighted by atomic mass is 10.1. The minimum absolute atomic E-state index is 0.210. The number of halogens is 4. The summed E-state index contributed by atoms with van der Waals surface area (Å²) in [7, 11) is 0. The Balaban J connectivity index is 2.34. The molecule has 1 N–H and O–H groups in total. The van der Waals surface area contributed by atoms with Crippen molar-refractivity contribution in [3.63, 3.8) is 0 Å². The van der Waals surface area contributed by atoms with Crippen LogP contribution < -0.4 is 5.32 Å². The Morgan fingerprint density at radius 3 is 2.53 bits per heavy atom. The molecule has 19 heavy (non-hydrogen) atoms. The molecule has 0 fully saturated rings. The standard InChI is InChI=1S/C12H9ClF3N3/c1-7-2-3-8(12(14,15)16)4-9(7)19-11-5-10(13)17-6-18-11/h2-6H,1H3,(H,17,18,19). The van der Waals surface area contributed by atoms with E-state index in [2.05, 4.69) is 15.3 Å². The summed E-state index contributed by atoms with van der Waals surface area (Å²) in [4.78, 5) is 7.57. The highest BCUT2D eigenvalue weighted by atomic mass is 35.5. The van der Waals surface area contributed by atoms with Gasteiger partial charge >= 0.3 is 6.18 Å². The summed E-state index contributed by atoms with van der Waals surface area (Å²) in [5.41, 5.74) is 0.271. The zero-order valence-electron chi connectivity index (χ0n) is 9.79. The van der Waals surface area contributed by atoms with Gasteiger partial charge in [-0.05, 0) is 24.6 Å². The van der Waals surface area contributed by atoms with Gasteiger partial charge in [-0.2, -0.15) is 13.2 Å². The predicted molar refractivity (Wildman–Crippen MR) is 66.5 cm³/mol. The lowest BCUT2D eigenvalue weighted by molar-refractivity contribution is -0.137. The normalized spacial score (nSPS) is 11.4. The number of rotatable bonds is 2. The second-order valence-corrected chi connectivity index (χ2v) is 4.27. The fourth-order valence-electron chi connectivity index (χ4n) is 1.47. The van der Waals surface area contributed by atoms with Gasteiger partial charge in [0.2, 0.25) is 0 Å². The molecule has 3 nitrogen and oxygen atoms in total. The lowest BCUT2D eigenvalue weighted by Crippen LogP contribution is -2.06. The monoisotopic (exact) mass is 287 g/mol. The molecule has 0 atom stereocenters. The Hall–Kier alpha value is -1.82. The van der Waals surface area contributed by atoms with E-state index in [-0.39, 0.29) is 5.15 Å². The van der Waals surface area contributed by atoms with Crippen LogP contribution in [0.3, 0.4) is 0 Å². The van der Waals surface area contributed by atoms with E-state index in [1.165, 1.54) is 18.5 Å². The van der Waals surface area contributed by atoms with Crippen molar-refractivity contribution >= 4 is 23.1 Å². The fourth-order valence-corrected chi connectivity index (χ4v) is 1.62. The molecule has 2 rings (SSSR count). The smallest absolute Gasteiger partial charge is 0.340 e. The van der Waals surface area contributed by atoms with E-state index in [0.29, 0.717) is 17.1 Å². The second-order valence-electron chi connectivity index (χ2n) is 3.88. The van der Waals surface area contributed by atoms with Crippen molar-refractivity contribution in [1.29, 1.82) is 0 Å². The zero-order chi connectivity index (χ0) is 14.0. The van der Waals surface area contributed by atoms with E-state index in [0.717, 1.165) is 12.1 Å². The summed E-state index contributed by atoms with van der Waals surface area (Å²) in [6.07, 6.45) is -3.15. The molecule has 1 aromatic heterocycles. The molecule has 0 spiro atoms. The van der Waals surface area contributed by atoms with Crippen LogP contribution in [0, 0.1) is 6.92 Å². The van der Waals surface area contributed by atoms with E-state index in [9.17, 15) is 13.2 Å². The molecule has 2 aromatic rings. The Kier molecular flexibility index (Phi) is 3.61. The maximum atomic E-state index is 12.6. The average molecular weight is 288 g/mol. The van der Waals surface area contributed by atoms with Gasteiger partial charge in [-0.15, -0.1) is 0 Å². The quantitative estimate of drug-likeness (QED) is 0.841. The van der Waals surface area contributed by atoms with Crippen molar-refractivity contribution in [2.75, 3.05) is 5.32 Å². The number of nitrogens with one attached hydrogen (secondary N) is 1. The van der Waals surface area contributed by atoms with E-state index < -0.39 is 11.7 Å². The van der Waals surface area contributed by atoms with Crippen LogP contribution in [0.5, 0.6) is 0 Å². The second kappa shape index (κ2) is 5.05. The molecule has 0 aliphatic rings. The first kappa shape index (κ1) is 13.6. The van der Waals surface area contributed by atoms with E-state index in [4.69, 9.17) is 11.6 Å². The molecule has 1 heterocycles. The molecule has 0 aliphatic heterocycles. The van der Waals surface area contributed by atoms with Crippen LogP contribution in [0.15, 0.2) is 30.6 Å². The van der Waals surface area contributed by atoms with Gasteiger partial charge in [-0.25, -0.2) is 9.97 Å². The molecule has 0 saturated heterocycles. The van der Waals surface area contributed by atoms with Gasteiger partial charge in [-0.1, -0.05) is 17.7 Å². The summed E-state index contributed by atoms with van der Waals surface area (Å²) >= 11 is 5.68. The average Bonchev–Trinajstić information content (AvgIpc) is 2.30.